The van der Waals surface area contributed by atoms with Crippen LogP contribution in [0.3, 0.4) is 0 Å². The van der Waals surface area contributed by atoms with Gasteiger partial charge in [-0.3, -0.25) is 4.79 Å². The van der Waals surface area contributed by atoms with Crippen LogP contribution >= 0.6 is 0 Å². The van der Waals surface area contributed by atoms with E-state index in [4.69, 9.17) is 4.74 Å². The van der Waals surface area contributed by atoms with Crippen molar-refractivity contribution in [1.29, 1.82) is 0 Å². The zero-order chi connectivity index (χ0) is 14.8. The molecule has 0 radical (unpaired) electrons. The summed E-state index contributed by atoms with van der Waals surface area (Å²) in [6, 6.07) is 0. The molecule has 0 aromatic heterocycles. The van der Waals surface area contributed by atoms with Crippen LogP contribution in [0.25, 0.3) is 0 Å². The molecule has 3 heteroatoms. The van der Waals surface area contributed by atoms with E-state index in [0.717, 1.165) is 38.6 Å². The lowest BCUT2D eigenvalue weighted by Crippen LogP contribution is -2.32. The van der Waals surface area contributed by atoms with Gasteiger partial charge in [-0.25, -0.2) is 0 Å². The quantitative estimate of drug-likeness (QED) is 0.473. The molecule has 1 fully saturated rings. The zero-order valence-electron chi connectivity index (χ0n) is 13.7. The van der Waals surface area contributed by atoms with Crippen LogP contribution in [0.4, 0.5) is 0 Å². The van der Waals surface area contributed by atoms with Crippen molar-refractivity contribution in [1.82, 2.24) is 4.90 Å². The largest absolute Gasteiger partial charge is 0.465 e. The van der Waals surface area contributed by atoms with E-state index in [-0.39, 0.29) is 11.4 Å². The van der Waals surface area contributed by atoms with Crippen LogP contribution in [0.15, 0.2) is 0 Å². The van der Waals surface area contributed by atoms with Crippen LogP contribution in [-0.2, 0) is 9.53 Å². The molecule has 1 unspecified atom stereocenters. The third-order valence-corrected chi connectivity index (χ3v) is 4.66. The minimum atomic E-state index is -0.277. The monoisotopic (exact) mass is 283 g/mol. The average Bonchev–Trinajstić information content (AvgIpc) is 2.50. The van der Waals surface area contributed by atoms with Gasteiger partial charge in [-0.1, -0.05) is 33.1 Å². The van der Waals surface area contributed by atoms with E-state index in [1.165, 1.54) is 32.4 Å². The van der Waals surface area contributed by atoms with Crippen molar-refractivity contribution < 1.29 is 9.53 Å². The highest BCUT2D eigenvalue weighted by Gasteiger charge is 2.32. The van der Waals surface area contributed by atoms with Gasteiger partial charge in [0, 0.05) is 6.54 Å². The second kappa shape index (κ2) is 9.38. The molecule has 1 saturated heterocycles. The highest BCUT2D eigenvalue weighted by molar-refractivity contribution is 5.76. The Labute approximate surface area is 125 Å². The molecule has 0 N–H and O–H groups in total. The van der Waals surface area contributed by atoms with Gasteiger partial charge in [-0.05, 0) is 52.1 Å². The minimum absolute atomic E-state index is 0.00657. The van der Waals surface area contributed by atoms with E-state index in [0.29, 0.717) is 6.61 Å². The molecular weight excluding hydrogens is 250 g/mol. The average molecular weight is 283 g/mol. The summed E-state index contributed by atoms with van der Waals surface area (Å²) in [4.78, 5) is 14.7. The van der Waals surface area contributed by atoms with Gasteiger partial charge >= 0.3 is 5.97 Å². The van der Waals surface area contributed by atoms with Crippen LogP contribution in [0.5, 0.6) is 0 Å². The van der Waals surface area contributed by atoms with E-state index in [9.17, 15) is 4.79 Å². The van der Waals surface area contributed by atoms with E-state index in [1.807, 2.05) is 0 Å². The first-order chi connectivity index (χ1) is 9.62. The Bertz CT molecular complexity index is 274. The standard InChI is InChI=1S/C17H33NO2/c1-4-6-11-17(3,5-2)16(19)20-15-10-14-18-12-8-7-9-13-18/h4-15H2,1-3H3. The molecule has 1 aliphatic rings. The SMILES string of the molecule is CCCCC(C)(CC)C(=O)OCCCN1CCCCC1. The van der Waals surface area contributed by atoms with Crippen LogP contribution in [0.2, 0.25) is 0 Å². The number of unbranched alkanes of at least 4 members (excludes halogenated alkanes) is 1. The van der Waals surface area contributed by atoms with E-state index >= 15 is 0 Å². The molecule has 1 atom stereocenters. The highest BCUT2D eigenvalue weighted by Crippen LogP contribution is 2.29. The first kappa shape index (κ1) is 17.5. The third-order valence-electron chi connectivity index (χ3n) is 4.66. The number of carbonyl (C=O) groups excluding carboxylic acids is 1. The summed E-state index contributed by atoms with van der Waals surface area (Å²) in [5.41, 5.74) is -0.277. The molecule has 118 valence electrons. The number of likely N-dealkylation sites (tertiary alicyclic amines) is 1. The van der Waals surface area contributed by atoms with E-state index in [2.05, 4.69) is 25.7 Å². The predicted molar refractivity (Wildman–Crippen MR) is 83.8 cm³/mol. The Kier molecular flexibility index (Phi) is 8.20. The number of esters is 1. The summed E-state index contributed by atoms with van der Waals surface area (Å²) < 4.78 is 5.52. The maximum atomic E-state index is 12.2. The Hall–Kier alpha value is -0.570. The van der Waals surface area contributed by atoms with Gasteiger partial charge in [0.2, 0.25) is 0 Å². The van der Waals surface area contributed by atoms with Crippen LogP contribution < -0.4 is 0 Å². The van der Waals surface area contributed by atoms with Crippen molar-refractivity contribution in [3.8, 4) is 0 Å². The molecule has 1 aliphatic heterocycles. The number of hydrogen-bond donors (Lipinski definition) is 0. The van der Waals surface area contributed by atoms with Crippen LogP contribution in [0.1, 0.15) is 72.1 Å². The first-order valence-electron chi connectivity index (χ1n) is 8.52. The van der Waals surface area contributed by atoms with Crippen molar-refractivity contribution in [3.05, 3.63) is 0 Å². The lowest BCUT2D eigenvalue weighted by Gasteiger charge is -2.27. The molecule has 20 heavy (non-hydrogen) atoms. The van der Waals surface area contributed by atoms with Crippen LogP contribution in [-0.4, -0.2) is 37.1 Å². The maximum Gasteiger partial charge on any atom is 0.311 e. The molecule has 0 bridgehead atoms. The maximum absolute atomic E-state index is 12.2. The molecule has 0 aliphatic carbocycles. The third kappa shape index (κ3) is 5.82. The van der Waals surface area contributed by atoms with Crippen molar-refractivity contribution >= 4 is 5.97 Å². The van der Waals surface area contributed by atoms with Crippen molar-refractivity contribution in [2.45, 2.75) is 72.1 Å². The molecule has 1 rings (SSSR count). The molecule has 0 aromatic carbocycles. The molecular formula is C17H33NO2. The summed E-state index contributed by atoms with van der Waals surface area (Å²) in [5, 5.41) is 0. The van der Waals surface area contributed by atoms with Gasteiger partial charge in [0.05, 0.1) is 12.0 Å². The fraction of sp³-hybridized carbons (Fsp3) is 0.941. The van der Waals surface area contributed by atoms with Crippen LogP contribution in [0, 0.1) is 5.41 Å². The van der Waals surface area contributed by atoms with Crippen molar-refractivity contribution in [3.63, 3.8) is 0 Å². The van der Waals surface area contributed by atoms with Crippen molar-refractivity contribution in [2.24, 2.45) is 5.41 Å². The minimum Gasteiger partial charge on any atom is -0.465 e. The fourth-order valence-corrected chi connectivity index (χ4v) is 2.80. The van der Waals surface area contributed by atoms with Crippen molar-refractivity contribution in [2.75, 3.05) is 26.2 Å². The highest BCUT2D eigenvalue weighted by atomic mass is 16.5. The molecule has 0 aromatic rings. The lowest BCUT2D eigenvalue weighted by atomic mass is 9.82. The van der Waals surface area contributed by atoms with Gasteiger partial charge in [0.1, 0.15) is 0 Å². The topological polar surface area (TPSA) is 29.5 Å². The number of ether oxygens (including phenoxy) is 1. The summed E-state index contributed by atoms with van der Waals surface area (Å²) in [7, 11) is 0. The number of piperidine rings is 1. The number of carbonyl (C=O) groups is 1. The number of hydrogen-bond acceptors (Lipinski definition) is 3. The normalized spacial score (nSPS) is 19.6. The Balaban J connectivity index is 2.20. The summed E-state index contributed by atoms with van der Waals surface area (Å²) in [5.74, 6) is 0.00657. The van der Waals surface area contributed by atoms with Gasteiger partial charge in [-0.2, -0.15) is 0 Å². The van der Waals surface area contributed by atoms with Gasteiger partial charge < -0.3 is 9.64 Å². The second-order valence-electron chi connectivity index (χ2n) is 6.41. The summed E-state index contributed by atoms with van der Waals surface area (Å²) in [6.07, 6.45) is 9.06. The molecule has 0 spiro atoms. The molecule has 0 saturated carbocycles. The second-order valence-corrected chi connectivity index (χ2v) is 6.41. The number of nitrogens with zero attached hydrogens (tertiary/aromatic N) is 1. The fourth-order valence-electron chi connectivity index (χ4n) is 2.80. The smallest absolute Gasteiger partial charge is 0.311 e. The number of rotatable bonds is 9. The van der Waals surface area contributed by atoms with Gasteiger partial charge in [0.25, 0.3) is 0 Å². The Morgan fingerprint density at radius 2 is 1.85 bits per heavy atom. The van der Waals surface area contributed by atoms with Gasteiger partial charge in [0.15, 0.2) is 0 Å². The predicted octanol–water partition coefficient (Wildman–Crippen LogP) is 4.01. The van der Waals surface area contributed by atoms with E-state index < -0.39 is 0 Å². The molecule has 1 heterocycles. The summed E-state index contributed by atoms with van der Waals surface area (Å²) in [6.45, 7) is 10.4. The molecule has 0 amide bonds. The van der Waals surface area contributed by atoms with Gasteiger partial charge in [-0.15, -0.1) is 0 Å². The zero-order valence-corrected chi connectivity index (χ0v) is 13.7. The first-order valence-corrected chi connectivity index (χ1v) is 8.52. The Morgan fingerprint density at radius 1 is 1.15 bits per heavy atom. The molecule has 3 nitrogen and oxygen atoms in total. The Morgan fingerprint density at radius 3 is 2.45 bits per heavy atom. The lowest BCUT2D eigenvalue weighted by molar-refractivity contribution is -0.156. The van der Waals surface area contributed by atoms with E-state index in [1.54, 1.807) is 0 Å². The summed E-state index contributed by atoms with van der Waals surface area (Å²) >= 11 is 0.